The molecular formula is C16H16Br2O2. The lowest BCUT2D eigenvalue weighted by Gasteiger charge is -2.17. The van der Waals surface area contributed by atoms with E-state index in [1.807, 2.05) is 50.2 Å². The van der Waals surface area contributed by atoms with E-state index in [2.05, 4.69) is 31.9 Å². The molecule has 1 atom stereocenters. The molecule has 20 heavy (non-hydrogen) atoms. The number of hydrogen-bond acceptors (Lipinski definition) is 2. The van der Waals surface area contributed by atoms with Crippen LogP contribution in [0.15, 0.2) is 45.3 Å². The molecule has 0 amide bonds. The Morgan fingerprint density at radius 1 is 1.10 bits per heavy atom. The summed E-state index contributed by atoms with van der Waals surface area (Å²) in [5, 5.41) is 10.6. The van der Waals surface area contributed by atoms with Gasteiger partial charge in [0.25, 0.3) is 0 Å². The van der Waals surface area contributed by atoms with Gasteiger partial charge in [-0.15, -0.1) is 0 Å². The van der Waals surface area contributed by atoms with Crippen molar-refractivity contribution in [2.24, 2.45) is 0 Å². The van der Waals surface area contributed by atoms with Gasteiger partial charge >= 0.3 is 0 Å². The van der Waals surface area contributed by atoms with Gasteiger partial charge in [-0.05, 0) is 54.8 Å². The Bertz CT molecular complexity index is 611. The monoisotopic (exact) mass is 398 g/mol. The van der Waals surface area contributed by atoms with E-state index < -0.39 is 6.10 Å². The van der Waals surface area contributed by atoms with E-state index in [1.54, 1.807) is 0 Å². The van der Waals surface area contributed by atoms with Crippen molar-refractivity contribution in [3.8, 4) is 5.75 Å². The van der Waals surface area contributed by atoms with Crippen LogP contribution in [0.25, 0.3) is 0 Å². The molecule has 0 bridgehead atoms. The molecule has 0 fully saturated rings. The number of benzene rings is 2. The molecule has 2 aromatic rings. The first kappa shape index (κ1) is 15.5. The summed E-state index contributed by atoms with van der Waals surface area (Å²) in [6.07, 6.45) is -0.669. The molecule has 0 aliphatic carbocycles. The molecule has 4 heteroatoms. The number of halogens is 2. The quantitative estimate of drug-likeness (QED) is 0.783. The standard InChI is InChI=1S/C16H16Br2O2/c1-3-20-12-6-7-13(15(18)9-12)16(19)14-8-11(17)5-4-10(14)2/h4-9,16,19H,3H2,1-2H3. The van der Waals surface area contributed by atoms with Crippen LogP contribution in [-0.2, 0) is 0 Å². The number of rotatable bonds is 4. The molecular weight excluding hydrogens is 384 g/mol. The highest BCUT2D eigenvalue weighted by atomic mass is 79.9. The molecule has 0 aromatic heterocycles. The lowest BCUT2D eigenvalue weighted by molar-refractivity contribution is 0.218. The SMILES string of the molecule is CCOc1ccc(C(O)c2cc(Br)ccc2C)c(Br)c1. The second-order valence-corrected chi connectivity index (χ2v) is 6.29. The zero-order valence-electron chi connectivity index (χ0n) is 11.4. The predicted octanol–water partition coefficient (Wildman–Crippen LogP) is 5.00. The zero-order valence-corrected chi connectivity index (χ0v) is 14.5. The normalized spacial score (nSPS) is 12.2. The predicted molar refractivity (Wildman–Crippen MR) is 88.3 cm³/mol. The molecule has 0 heterocycles. The van der Waals surface area contributed by atoms with Crippen LogP contribution in [0.5, 0.6) is 5.75 Å². The highest BCUT2D eigenvalue weighted by Gasteiger charge is 2.16. The maximum absolute atomic E-state index is 10.6. The molecule has 0 saturated carbocycles. The van der Waals surface area contributed by atoms with E-state index in [9.17, 15) is 5.11 Å². The number of aliphatic hydroxyl groups is 1. The minimum absolute atomic E-state index is 0.624. The third-order valence-electron chi connectivity index (χ3n) is 3.11. The molecule has 2 rings (SSSR count). The Morgan fingerprint density at radius 2 is 1.85 bits per heavy atom. The molecule has 0 aliphatic rings. The smallest absolute Gasteiger partial charge is 0.120 e. The summed E-state index contributed by atoms with van der Waals surface area (Å²) >= 11 is 6.95. The van der Waals surface area contributed by atoms with Crippen LogP contribution in [0, 0.1) is 6.92 Å². The molecule has 106 valence electrons. The molecule has 1 N–H and O–H groups in total. The summed E-state index contributed by atoms with van der Waals surface area (Å²) in [5.41, 5.74) is 2.78. The van der Waals surface area contributed by atoms with Gasteiger partial charge in [-0.25, -0.2) is 0 Å². The Kier molecular flexibility index (Phi) is 5.24. The number of aryl methyl sites for hydroxylation is 1. The lowest BCUT2D eigenvalue weighted by Crippen LogP contribution is -2.03. The Balaban J connectivity index is 2.38. The topological polar surface area (TPSA) is 29.5 Å². The summed E-state index contributed by atoms with van der Waals surface area (Å²) in [6, 6.07) is 11.6. The van der Waals surface area contributed by atoms with Crippen LogP contribution in [0.1, 0.15) is 29.7 Å². The Hall–Kier alpha value is -0.840. The van der Waals surface area contributed by atoms with E-state index in [0.717, 1.165) is 31.4 Å². The van der Waals surface area contributed by atoms with Gasteiger partial charge in [0, 0.05) is 8.95 Å². The summed E-state index contributed by atoms with van der Waals surface area (Å²) in [4.78, 5) is 0. The van der Waals surface area contributed by atoms with Crippen LogP contribution >= 0.6 is 31.9 Å². The van der Waals surface area contributed by atoms with E-state index in [-0.39, 0.29) is 0 Å². The molecule has 0 saturated heterocycles. The lowest BCUT2D eigenvalue weighted by atomic mass is 9.97. The van der Waals surface area contributed by atoms with Gasteiger partial charge in [-0.3, -0.25) is 0 Å². The van der Waals surface area contributed by atoms with Gasteiger partial charge in [-0.1, -0.05) is 44.0 Å². The van der Waals surface area contributed by atoms with Gasteiger partial charge in [0.15, 0.2) is 0 Å². The molecule has 2 nitrogen and oxygen atoms in total. The zero-order chi connectivity index (χ0) is 14.7. The summed E-state index contributed by atoms with van der Waals surface area (Å²) in [7, 11) is 0. The first-order valence-corrected chi connectivity index (χ1v) is 7.98. The fourth-order valence-corrected chi connectivity index (χ4v) is 3.01. The highest BCUT2D eigenvalue weighted by Crippen LogP contribution is 2.33. The van der Waals surface area contributed by atoms with Gasteiger partial charge in [0.1, 0.15) is 11.9 Å². The second kappa shape index (κ2) is 6.74. The maximum atomic E-state index is 10.6. The van der Waals surface area contributed by atoms with Crippen LogP contribution in [0.4, 0.5) is 0 Å². The fourth-order valence-electron chi connectivity index (χ4n) is 2.06. The minimum atomic E-state index is -0.669. The summed E-state index contributed by atoms with van der Waals surface area (Å²) in [6.45, 7) is 4.56. The first-order valence-electron chi connectivity index (χ1n) is 6.39. The maximum Gasteiger partial charge on any atom is 0.120 e. The molecule has 0 aliphatic heterocycles. The van der Waals surface area contributed by atoms with Crippen LogP contribution in [-0.4, -0.2) is 11.7 Å². The average molecular weight is 400 g/mol. The molecule has 1 unspecified atom stereocenters. The first-order chi connectivity index (χ1) is 9.52. The minimum Gasteiger partial charge on any atom is -0.494 e. The number of hydrogen-bond donors (Lipinski definition) is 1. The van der Waals surface area contributed by atoms with Crippen molar-refractivity contribution in [3.05, 3.63) is 62.0 Å². The van der Waals surface area contributed by atoms with Gasteiger partial charge in [-0.2, -0.15) is 0 Å². The van der Waals surface area contributed by atoms with Crippen molar-refractivity contribution in [1.82, 2.24) is 0 Å². The van der Waals surface area contributed by atoms with Gasteiger partial charge in [0.2, 0.25) is 0 Å². The van der Waals surface area contributed by atoms with Gasteiger partial charge < -0.3 is 9.84 Å². The van der Waals surface area contributed by atoms with E-state index in [4.69, 9.17) is 4.74 Å². The van der Waals surface area contributed by atoms with Crippen molar-refractivity contribution >= 4 is 31.9 Å². The third-order valence-corrected chi connectivity index (χ3v) is 4.29. The van der Waals surface area contributed by atoms with Crippen molar-refractivity contribution in [1.29, 1.82) is 0 Å². The van der Waals surface area contributed by atoms with Crippen molar-refractivity contribution in [2.75, 3.05) is 6.61 Å². The van der Waals surface area contributed by atoms with Crippen molar-refractivity contribution < 1.29 is 9.84 Å². The highest BCUT2D eigenvalue weighted by molar-refractivity contribution is 9.10. The Morgan fingerprint density at radius 3 is 2.50 bits per heavy atom. The van der Waals surface area contributed by atoms with E-state index in [1.165, 1.54) is 0 Å². The van der Waals surface area contributed by atoms with E-state index >= 15 is 0 Å². The summed E-state index contributed by atoms with van der Waals surface area (Å²) in [5.74, 6) is 0.793. The fraction of sp³-hybridized carbons (Fsp3) is 0.250. The number of ether oxygens (including phenoxy) is 1. The van der Waals surface area contributed by atoms with E-state index in [0.29, 0.717) is 6.61 Å². The summed E-state index contributed by atoms with van der Waals surface area (Å²) < 4.78 is 7.25. The molecule has 0 spiro atoms. The number of aliphatic hydroxyl groups excluding tert-OH is 1. The van der Waals surface area contributed by atoms with Crippen LogP contribution in [0.3, 0.4) is 0 Å². The third kappa shape index (κ3) is 3.43. The van der Waals surface area contributed by atoms with Crippen molar-refractivity contribution in [3.63, 3.8) is 0 Å². The van der Waals surface area contributed by atoms with Crippen LogP contribution in [0.2, 0.25) is 0 Å². The average Bonchev–Trinajstić information content (AvgIpc) is 2.41. The van der Waals surface area contributed by atoms with Gasteiger partial charge in [0.05, 0.1) is 6.61 Å². The van der Waals surface area contributed by atoms with Crippen molar-refractivity contribution in [2.45, 2.75) is 20.0 Å². The van der Waals surface area contributed by atoms with Crippen LogP contribution < -0.4 is 4.74 Å². The second-order valence-electron chi connectivity index (χ2n) is 4.52. The molecule has 2 aromatic carbocycles. The molecule has 0 radical (unpaired) electrons. The Labute approximate surface area is 136 Å². The largest absolute Gasteiger partial charge is 0.494 e.